The highest BCUT2D eigenvalue weighted by atomic mass is 32.1. The van der Waals surface area contributed by atoms with Crippen LogP contribution in [-0.2, 0) is 0 Å². The molecule has 42 heavy (non-hydrogen) atoms. The largest absolute Gasteiger partial charge is 0.310 e. The zero-order valence-corrected chi connectivity index (χ0v) is 23.8. The molecule has 0 saturated heterocycles. The molecule has 0 saturated carbocycles. The van der Waals surface area contributed by atoms with E-state index in [0.717, 1.165) is 17.1 Å². The van der Waals surface area contributed by atoms with E-state index in [1.807, 2.05) is 11.3 Å². The summed E-state index contributed by atoms with van der Waals surface area (Å²) < 4.78 is 2.62. The van der Waals surface area contributed by atoms with E-state index >= 15 is 0 Å². The molecule has 198 valence electrons. The number of benzene rings is 7. The number of thiophene rings is 1. The summed E-state index contributed by atoms with van der Waals surface area (Å²) >= 11 is 1.86. The lowest BCUT2D eigenvalue weighted by Crippen LogP contribution is -2.09. The van der Waals surface area contributed by atoms with Gasteiger partial charge >= 0.3 is 0 Å². The van der Waals surface area contributed by atoms with Crippen LogP contribution in [0.1, 0.15) is 0 Å². The van der Waals surface area contributed by atoms with Crippen LogP contribution in [0.4, 0.5) is 17.1 Å². The number of rotatable bonds is 5. The number of anilines is 3. The molecule has 0 aliphatic heterocycles. The fourth-order valence-corrected chi connectivity index (χ4v) is 7.06. The van der Waals surface area contributed by atoms with Crippen molar-refractivity contribution in [2.24, 2.45) is 0 Å². The average molecular weight is 554 g/mol. The van der Waals surface area contributed by atoms with E-state index in [-0.39, 0.29) is 0 Å². The van der Waals surface area contributed by atoms with Crippen LogP contribution in [0.2, 0.25) is 0 Å². The summed E-state index contributed by atoms with van der Waals surface area (Å²) in [5.41, 5.74) is 8.32. The molecule has 7 aromatic carbocycles. The van der Waals surface area contributed by atoms with Gasteiger partial charge in [0, 0.05) is 37.2 Å². The Bertz CT molecular complexity index is 2180. The molecule has 0 fully saturated rings. The molecule has 1 nitrogen and oxygen atoms in total. The lowest BCUT2D eigenvalue weighted by molar-refractivity contribution is 1.30. The summed E-state index contributed by atoms with van der Waals surface area (Å²) in [6, 6.07) is 59.2. The Morgan fingerprint density at radius 2 is 0.881 bits per heavy atom. The van der Waals surface area contributed by atoms with Gasteiger partial charge in [0.05, 0.1) is 0 Å². The van der Waals surface area contributed by atoms with Gasteiger partial charge in [-0.15, -0.1) is 11.3 Å². The fraction of sp³-hybridized carbons (Fsp3) is 0. The molecule has 1 aromatic heterocycles. The van der Waals surface area contributed by atoms with Gasteiger partial charge in [-0.05, 0) is 81.6 Å². The van der Waals surface area contributed by atoms with Gasteiger partial charge in [0.15, 0.2) is 0 Å². The van der Waals surface area contributed by atoms with Crippen molar-refractivity contribution in [3.8, 4) is 22.3 Å². The van der Waals surface area contributed by atoms with Crippen molar-refractivity contribution in [2.75, 3.05) is 4.90 Å². The van der Waals surface area contributed by atoms with E-state index < -0.39 is 0 Å². The van der Waals surface area contributed by atoms with E-state index in [1.165, 1.54) is 53.2 Å². The van der Waals surface area contributed by atoms with Gasteiger partial charge in [-0.1, -0.05) is 115 Å². The number of hydrogen-bond donors (Lipinski definition) is 0. The van der Waals surface area contributed by atoms with Crippen molar-refractivity contribution in [1.82, 2.24) is 0 Å². The van der Waals surface area contributed by atoms with Crippen LogP contribution >= 0.6 is 11.3 Å². The summed E-state index contributed by atoms with van der Waals surface area (Å²) in [4.78, 5) is 2.38. The minimum Gasteiger partial charge on any atom is -0.310 e. The first-order valence-corrected chi connectivity index (χ1v) is 15.1. The molecule has 0 radical (unpaired) electrons. The van der Waals surface area contributed by atoms with Crippen molar-refractivity contribution >= 4 is 59.3 Å². The van der Waals surface area contributed by atoms with Crippen molar-refractivity contribution in [1.29, 1.82) is 0 Å². The van der Waals surface area contributed by atoms with Crippen LogP contribution < -0.4 is 4.90 Å². The highest BCUT2D eigenvalue weighted by Crippen LogP contribution is 2.41. The fourth-order valence-electron chi connectivity index (χ4n) is 5.92. The predicted molar refractivity (Wildman–Crippen MR) is 182 cm³/mol. The molecule has 0 bridgehead atoms. The van der Waals surface area contributed by atoms with Crippen LogP contribution in [-0.4, -0.2) is 0 Å². The second kappa shape index (κ2) is 10.3. The molecule has 0 spiro atoms. The second-order valence-corrected chi connectivity index (χ2v) is 11.7. The molecular weight excluding hydrogens is 527 g/mol. The lowest BCUT2D eigenvalue weighted by atomic mass is 10.0. The predicted octanol–water partition coefficient (Wildman–Crippen LogP) is 12.0. The molecule has 0 aliphatic rings. The zero-order valence-electron chi connectivity index (χ0n) is 22.9. The van der Waals surface area contributed by atoms with Gasteiger partial charge in [-0.25, -0.2) is 0 Å². The van der Waals surface area contributed by atoms with Crippen LogP contribution in [0, 0.1) is 0 Å². The first kappa shape index (κ1) is 24.6. The number of hydrogen-bond acceptors (Lipinski definition) is 2. The highest BCUT2D eigenvalue weighted by Gasteiger charge is 2.16. The van der Waals surface area contributed by atoms with Crippen LogP contribution in [0.25, 0.3) is 53.2 Å². The first-order valence-electron chi connectivity index (χ1n) is 14.3. The second-order valence-electron chi connectivity index (χ2n) is 10.6. The third-order valence-electron chi connectivity index (χ3n) is 8.04. The van der Waals surface area contributed by atoms with Crippen molar-refractivity contribution in [3.63, 3.8) is 0 Å². The molecule has 0 N–H and O–H groups in total. The molecule has 0 aliphatic carbocycles. The normalized spacial score (nSPS) is 11.3. The summed E-state index contributed by atoms with van der Waals surface area (Å²) in [6.07, 6.45) is 0. The van der Waals surface area contributed by atoms with Crippen LogP contribution in [0.15, 0.2) is 164 Å². The summed E-state index contributed by atoms with van der Waals surface area (Å²) in [7, 11) is 0. The van der Waals surface area contributed by atoms with Crippen molar-refractivity contribution in [2.45, 2.75) is 0 Å². The Kier molecular flexibility index (Phi) is 6.05. The molecule has 8 rings (SSSR count). The maximum Gasteiger partial charge on any atom is 0.0476 e. The lowest BCUT2D eigenvalue weighted by Gasteiger charge is -2.26. The van der Waals surface area contributed by atoms with E-state index in [4.69, 9.17) is 0 Å². The third-order valence-corrected chi connectivity index (χ3v) is 9.18. The van der Waals surface area contributed by atoms with Crippen molar-refractivity contribution in [3.05, 3.63) is 164 Å². The SMILES string of the molecule is c1ccc(-c2ccc(N(c3ccc4ccc(-c5ccccc5)cc4c3)c3ccc4c(c3)sc3ccccc34)cc2)cc1. The number of fused-ring (bicyclic) bond motifs is 4. The Balaban J connectivity index is 1.28. The van der Waals surface area contributed by atoms with Gasteiger partial charge in [0.2, 0.25) is 0 Å². The average Bonchev–Trinajstić information content (AvgIpc) is 3.44. The molecule has 1 heterocycles. The zero-order chi connectivity index (χ0) is 27.9. The maximum atomic E-state index is 2.38. The minimum absolute atomic E-state index is 1.13. The Labute approximate surface area is 249 Å². The molecular formula is C40H27NS. The standard InChI is InChI=1S/C40H27NS/c1-3-9-28(10-4-1)30-17-20-34(21-18-30)41(36-23-24-38-37-13-7-8-14-39(37)42-40(38)27-36)35-22-19-31-15-16-32(25-33(31)26-35)29-11-5-2-6-12-29/h1-27H. The van der Waals surface area contributed by atoms with Crippen LogP contribution in [0.5, 0.6) is 0 Å². The highest BCUT2D eigenvalue weighted by molar-refractivity contribution is 7.25. The van der Waals surface area contributed by atoms with Crippen LogP contribution in [0.3, 0.4) is 0 Å². The van der Waals surface area contributed by atoms with E-state index in [0.29, 0.717) is 0 Å². The Hall–Kier alpha value is -5.18. The van der Waals surface area contributed by atoms with Gasteiger partial charge in [-0.2, -0.15) is 0 Å². The van der Waals surface area contributed by atoms with Crippen molar-refractivity contribution < 1.29 is 0 Å². The first-order chi connectivity index (χ1) is 20.8. The van der Waals surface area contributed by atoms with Gasteiger partial charge in [0.25, 0.3) is 0 Å². The molecule has 0 atom stereocenters. The summed E-state index contributed by atoms with van der Waals surface area (Å²) in [5.74, 6) is 0. The minimum atomic E-state index is 1.13. The van der Waals surface area contributed by atoms with E-state index in [1.54, 1.807) is 0 Å². The Morgan fingerprint density at radius 1 is 0.333 bits per heavy atom. The summed E-state index contributed by atoms with van der Waals surface area (Å²) in [5, 5.41) is 5.09. The van der Waals surface area contributed by atoms with E-state index in [9.17, 15) is 0 Å². The van der Waals surface area contributed by atoms with Gasteiger partial charge < -0.3 is 4.90 Å². The molecule has 2 heteroatoms. The monoisotopic (exact) mass is 553 g/mol. The maximum absolute atomic E-state index is 2.38. The van der Waals surface area contributed by atoms with Gasteiger partial charge in [0.1, 0.15) is 0 Å². The smallest absolute Gasteiger partial charge is 0.0476 e. The summed E-state index contributed by atoms with van der Waals surface area (Å²) in [6.45, 7) is 0. The third kappa shape index (κ3) is 4.43. The quantitative estimate of drug-likeness (QED) is 0.205. The van der Waals surface area contributed by atoms with Gasteiger partial charge in [-0.3, -0.25) is 0 Å². The Morgan fingerprint density at radius 3 is 1.67 bits per heavy atom. The molecule has 0 amide bonds. The van der Waals surface area contributed by atoms with E-state index in [2.05, 4.69) is 169 Å². The molecule has 0 unspecified atom stereocenters. The number of nitrogens with zero attached hydrogens (tertiary/aromatic N) is 1. The topological polar surface area (TPSA) is 3.24 Å². The molecule has 8 aromatic rings.